The monoisotopic (exact) mass is 408 g/mol. The van der Waals surface area contributed by atoms with Crippen LogP contribution in [0.4, 0.5) is 10.1 Å². The summed E-state index contributed by atoms with van der Waals surface area (Å²) < 4.78 is 15.5. The lowest BCUT2D eigenvalue weighted by Crippen LogP contribution is -2.40. The summed E-state index contributed by atoms with van der Waals surface area (Å²) in [5.41, 5.74) is 0.938. The van der Waals surface area contributed by atoms with Crippen molar-refractivity contribution in [3.05, 3.63) is 70.5 Å². The van der Waals surface area contributed by atoms with Crippen molar-refractivity contribution in [2.75, 3.05) is 25.0 Å². The number of fused-ring (bicyclic) bond motifs is 1. The Kier molecular flexibility index (Phi) is 5.90. The number of piperidine rings is 1. The van der Waals surface area contributed by atoms with E-state index in [2.05, 4.69) is 15.2 Å². The number of carbonyl (C=O) groups excluding carboxylic acids is 1. The largest absolute Gasteiger partial charge is 0.322 e. The number of aromatic nitrogens is 2. The molecule has 6 nitrogen and oxygen atoms in total. The average molecular weight is 408 g/mol. The molecule has 0 aliphatic carbocycles. The van der Waals surface area contributed by atoms with Crippen molar-refractivity contribution in [3.63, 3.8) is 0 Å². The Bertz CT molecular complexity index is 1120. The zero-order chi connectivity index (χ0) is 21.1. The number of halogens is 1. The molecule has 1 aromatic heterocycles. The fourth-order valence-electron chi connectivity index (χ4n) is 4.03. The molecule has 1 fully saturated rings. The molecule has 0 bridgehead atoms. The molecule has 1 aliphatic heterocycles. The first-order chi connectivity index (χ1) is 14.5. The van der Waals surface area contributed by atoms with Crippen LogP contribution in [0.2, 0.25) is 0 Å². The first-order valence-corrected chi connectivity index (χ1v) is 10.2. The Balaban J connectivity index is 1.34. The van der Waals surface area contributed by atoms with Gasteiger partial charge in [-0.25, -0.2) is 9.37 Å². The second-order valence-electron chi connectivity index (χ2n) is 7.84. The molecule has 3 aromatic rings. The number of hydrogen-bond acceptors (Lipinski definition) is 4. The molecule has 1 N–H and O–H groups in total. The molecule has 0 radical (unpaired) electrons. The van der Waals surface area contributed by atoms with Gasteiger partial charge in [-0.2, -0.15) is 0 Å². The lowest BCUT2D eigenvalue weighted by molar-refractivity contribution is -0.117. The summed E-state index contributed by atoms with van der Waals surface area (Å²) >= 11 is 0. The van der Waals surface area contributed by atoms with E-state index in [4.69, 9.17) is 0 Å². The van der Waals surface area contributed by atoms with Gasteiger partial charge in [0.15, 0.2) is 0 Å². The maximum Gasteiger partial charge on any atom is 0.261 e. The number of nitrogens with zero attached hydrogens (tertiary/aromatic N) is 3. The third-order valence-electron chi connectivity index (χ3n) is 5.72. The normalized spacial score (nSPS) is 15.4. The highest BCUT2D eigenvalue weighted by molar-refractivity contribution is 5.92. The van der Waals surface area contributed by atoms with Crippen LogP contribution in [-0.2, 0) is 11.3 Å². The van der Waals surface area contributed by atoms with Crippen molar-refractivity contribution in [1.29, 1.82) is 0 Å². The topological polar surface area (TPSA) is 67.2 Å². The van der Waals surface area contributed by atoms with Crippen LogP contribution in [-0.4, -0.2) is 40.0 Å². The Morgan fingerprint density at radius 3 is 2.60 bits per heavy atom. The lowest BCUT2D eigenvalue weighted by Gasteiger charge is -2.32. The minimum absolute atomic E-state index is 0.00444. The summed E-state index contributed by atoms with van der Waals surface area (Å²) in [5.74, 6) is 0.430. The molecule has 1 amide bonds. The number of hydrogen-bond donors (Lipinski definition) is 1. The Morgan fingerprint density at radius 2 is 1.83 bits per heavy atom. The van der Waals surface area contributed by atoms with E-state index < -0.39 is 5.82 Å². The van der Waals surface area contributed by atoms with Gasteiger partial charge in [0, 0.05) is 6.54 Å². The van der Waals surface area contributed by atoms with E-state index in [-0.39, 0.29) is 23.7 Å². The second kappa shape index (κ2) is 8.75. The average Bonchev–Trinajstić information content (AvgIpc) is 2.74. The predicted molar refractivity (Wildman–Crippen MR) is 115 cm³/mol. The van der Waals surface area contributed by atoms with Crippen LogP contribution in [0.25, 0.3) is 10.9 Å². The van der Waals surface area contributed by atoms with Gasteiger partial charge < -0.3 is 5.32 Å². The van der Waals surface area contributed by atoms with E-state index >= 15 is 0 Å². The van der Waals surface area contributed by atoms with Gasteiger partial charge in [-0.3, -0.25) is 19.1 Å². The van der Waals surface area contributed by atoms with Crippen LogP contribution in [0.1, 0.15) is 18.7 Å². The molecule has 7 heteroatoms. The highest BCUT2D eigenvalue weighted by Gasteiger charge is 2.22. The minimum Gasteiger partial charge on any atom is -0.322 e. The van der Waals surface area contributed by atoms with Crippen LogP contribution in [0, 0.1) is 18.7 Å². The van der Waals surface area contributed by atoms with Crippen LogP contribution < -0.4 is 10.9 Å². The smallest absolute Gasteiger partial charge is 0.261 e. The van der Waals surface area contributed by atoms with E-state index in [0.717, 1.165) is 37.3 Å². The number of nitrogens with one attached hydrogen (secondary N) is 1. The number of likely N-dealkylation sites (tertiary alicyclic amines) is 1. The minimum atomic E-state index is -0.436. The van der Waals surface area contributed by atoms with E-state index in [1.165, 1.54) is 6.07 Å². The van der Waals surface area contributed by atoms with Gasteiger partial charge >= 0.3 is 0 Å². The van der Waals surface area contributed by atoms with Gasteiger partial charge in [-0.1, -0.05) is 24.3 Å². The molecule has 156 valence electrons. The van der Waals surface area contributed by atoms with Gasteiger partial charge in [0.2, 0.25) is 5.91 Å². The Hall–Kier alpha value is -3.06. The fraction of sp³-hybridized carbons (Fsp3) is 0.348. The second-order valence-corrected chi connectivity index (χ2v) is 7.84. The third kappa shape index (κ3) is 4.41. The van der Waals surface area contributed by atoms with E-state index in [9.17, 15) is 14.0 Å². The van der Waals surface area contributed by atoms with Gasteiger partial charge in [0.1, 0.15) is 11.6 Å². The molecular formula is C23H25FN4O2. The van der Waals surface area contributed by atoms with Crippen molar-refractivity contribution in [2.45, 2.75) is 26.3 Å². The molecule has 30 heavy (non-hydrogen) atoms. The van der Waals surface area contributed by atoms with Gasteiger partial charge in [-0.05, 0) is 63.0 Å². The van der Waals surface area contributed by atoms with Crippen LogP contribution in [0.5, 0.6) is 0 Å². The number of carbonyl (C=O) groups is 1. The molecular weight excluding hydrogens is 383 g/mol. The van der Waals surface area contributed by atoms with Crippen molar-refractivity contribution in [1.82, 2.24) is 14.5 Å². The SMILES string of the molecule is Cc1nc2ccccc2c(=O)n1CC1CCN(CC(=O)Nc2ccccc2F)CC1. The molecule has 1 aliphatic rings. The van der Waals surface area contributed by atoms with Crippen molar-refractivity contribution in [2.24, 2.45) is 5.92 Å². The van der Waals surface area contributed by atoms with Crippen LogP contribution in [0.15, 0.2) is 53.3 Å². The molecule has 4 rings (SSSR count). The quantitative estimate of drug-likeness (QED) is 0.704. The van der Waals surface area contributed by atoms with E-state index in [1.54, 1.807) is 22.8 Å². The summed E-state index contributed by atoms with van der Waals surface area (Å²) in [6.07, 6.45) is 1.79. The summed E-state index contributed by atoms with van der Waals surface area (Å²) in [6, 6.07) is 13.6. The summed E-state index contributed by atoms with van der Waals surface area (Å²) in [5, 5.41) is 3.28. The molecule has 2 aromatic carbocycles. The van der Waals surface area contributed by atoms with Crippen LogP contribution in [0.3, 0.4) is 0 Å². The maximum atomic E-state index is 13.7. The highest BCUT2D eigenvalue weighted by atomic mass is 19.1. The molecule has 1 saturated heterocycles. The van der Waals surface area contributed by atoms with E-state index in [0.29, 0.717) is 17.8 Å². The first kappa shape index (κ1) is 20.2. The van der Waals surface area contributed by atoms with Crippen molar-refractivity contribution >= 4 is 22.5 Å². The van der Waals surface area contributed by atoms with Gasteiger partial charge in [-0.15, -0.1) is 0 Å². The van der Waals surface area contributed by atoms with Crippen molar-refractivity contribution < 1.29 is 9.18 Å². The number of anilines is 1. The third-order valence-corrected chi connectivity index (χ3v) is 5.72. The number of aryl methyl sites for hydroxylation is 1. The van der Waals surface area contributed by atoms with E-state index in [1.807, 2.05) is 31.2 Å². The standard InChI is InChI=1S/C23H25FN4O2/c1-16-25-20-8-4-2-6-18(20)23(30)28(16)14-17-10-12-27(13-11-17)15-22(29)26-21-9-5-3-7-19(21)24/h2-9,17H,10-15H2,1H3,(H,26,29). The summed E-state index contributed by atoms with van der Waals surface area (Å²) in [6.45, 7) is 4.28. The van der Waals surface area contributed by atoms with Crippen LogP contribution >= 0.6 is 0 Å². The molecule has 0 saturated carbocycles. The Morgan fingerprint density at radius 1 is 1.13 bits per heavy atom. The predicted octanol–water partition coefficient (Wildman–Crippen LogP) is 3.19. The van der Waals surface area contributed by atoms with Gasteiger partial charge in [0.25, 0.3) is 5.56 Å². The number of amides is 1. The summed E-state index contributed by atoms with van der Waals surface area (Å²) in [7, 11) is 0. The molecule has 0 spiro atoms. The van der Waals surface area contributed by atoms with Gasteiger partial charge in [0.05, 0.1) is 23.1 Å². The lowest BCUT2D eigenvalue weighted by atomic mass is 9.96. The number of benzene rings is 2. The first-order valence-electron chi connectivity index (χ1n) is 10.2. The highest BCUT2D eigenvalue weighted by Crippen LogP contribution is 2.20. The molecule has 2 heterocycles. The summed E-state index contributed by atoms with van der Waals surface area (Å²) in [4.78, 5) is 31.8. The number of rotatable bonds is 5. The molecule has 0 atom stereocenters. The fourth-order valence-corrected chi connectivity index (χ4v) is 4.03. The maximum absolute atomic E-state index is 13.7. The zero-order valence-electron chi connectivity index (χ0n) is 17.0. The molecule has 0 unspecified atom stereocenters. The zero-order valence-corrected chi connectivity index (χ0v) is 17.0. The Labute approximate surface area is 174 Å². The number of para-hydroxylation sites is 2. The van der Waals surface area contributed by atoms with Crippen molar-refractivity contribution in [3.8, 4) is 0 Å².